The summed E-state index contributed by atoms with van der Waals surface area (Å²) in [5, 5.41) is 0.542. The average Bonchev–Trinajstić information content (AvgIpc) is 3.24. The van der Waals surface area contributed by atoms with Gasteiger partial charge in [0, 0.05) is 26.9 Å². The van der Waals surface area contributed by atoms with Crippen molar-refractivity contribution >= 4 is 34.4 Å². The number of hydrogen-bond donors (Lipinski definition) is 2. The van der Waals surface area contributed by atoms with Crippen LogP contribution in [0.2, 0.25) is 0 Å². The molecule has 180 valence electrons. The number of fused-ring (bicyclic) bond motifs is 2. The van der Waals surface area contributed by atoms with Crippen LogP contribution in [0.25, 0.3) is 0 Å². The maximum atomic E-state index is 12.5. The van der Waals surface area contributed by atoms with Crippen molar-refractivity contribution in [2.24, 2.45) is 0 Å². The molecule has 1 unspecified atom stereocenters. The number of urea groups is 1. The number of ether oxygens (including phenoxy) is 2. The molecule has 0 spiro atoms. The van der Waals surface area contributed by atoms with Crippen LogP contribution >= 0.6 is 0 Å². The smallest absolute Gasteiger partial charge is 0.418 e. The van der Waals surface area contributed by atoms with Crippen molar-refractivity contribution in [2.45, 2.75) is 57.6 Å². The fraction of sp³-hybridized carbons (Fsp3) is 0.750. The lowest BCUT2D eigenvalue weighted by Crippen LogP contribution is -2.50. The van der Waals surface area contributed by atoms with E-state index in [1.807, 2.05) is 0 Å². The molecule has 2 N–H and O–H groups in total. The molecule has 2 bridgehead atoms. The van der Waals surface area contributed by atoms with E-state index in [4.69, 9.17) is 18.9 Å². The molecule has 3 aliphatic heterocycles. The van der Waals surface area contributed by atoms with E-state index in [9.17, 15) is 27.6 Å². The number of hydroxylamine groups is 3. The Hall–Kier alpha value is -2.69. The van der Waals surface area contributed by atoms with Crippen LogP contribution in [-0.4, -0.2) is 95.9 Å². The summed E-state index contributed by atoms with van der Waals surface area (Å²) in [6.45, 7) is 3.06. The van der Waals surface area contributed by atoms with Crippen molar-refractivity contribution in [3.8, 4) is 0 Å². The van der Waals surface area contributed by atoms with Crippen molar-refractivity contribution in [3.63, 3.8) is 0 Å². The highest BCUT2D eigenvalue weighted by Gasteiger charge is 2.49. The molecule has 0 aromatic rings. The monoisotopic (exact) mass is 480 g/mol. The Labute approximate surface area is 183 Å². The van der Waals surface area contributed by atoms with Crippen LogP contribution in [0.3, 0.4) is 0 Å². The normalized spacial score (nSPS) is 26.2. The van der Waals surface area contributed by atoms with E-state index < -0.39 is 58.9 Å². The number of nitrogens with one attached hydrogen (secondary N) is 1. The molecule has 4 atom stereocenters. The first kappa shape index (κ1) is 24.0. The van der Waals surface area contributed by atoms with Crippen molar-refractivity contribution in [2.75, 3.05) is 19.6 Å². The van der Waals surface area contributed by atoms with Crippen LogP contribution in [0.4, 0.5) is 9.59 Å². The number of amides is 4. The lowest BCUT2D eigenvalue weighted by Gasteiger charge is -2.29. The van der Waals surface area contributed by atoms with Gasteiger partial charge < -0.3 is 19.3 Å². The quantitative estimate of drug-likeness (QED) is 0.201. The third kappa shape index (κ3) is 5.76. The largest absolute Gasteiger partial charge is 0.426 e. The minimum atomic E-state index is -4.88. The number of carbonyl (C=O) groups is 4. The molecular weight excluding hydrogens is 456 g/mol. The molecule has 15 nitrogen and oxygen atoms in total. The second-order valence-corrected chi connectivity index (χ2v) is 8.52. The first-order valence-electron chi connectivity index (χ1n) is 9.79. The van der Waals surface area contributed by atoms with E-state index in [2.05, 4.69) is 9.76 Å². The first-order valence-corrected chi connectivity index (χ1v) is 11.2. The molecule has 3 saturated heterocycles. The summed E-state index contributed by atoms with van der Waals surface area (Å²) in [7, 11) is -4.88. The Morgan fingerprint density at radius 2 is 1.88 bits per heavy atom. The summed E-state index contributed by atoms with van der Waals surface area (Å²) in [5.74, 6) is -1.20. The van der Waals surface area contributed by atoms with Gasteiger partial charge in [0.1, 0.15) is 12.1 Å². The van der Waals surface area contributed by atoms with Crippen LogP contribution in [0.1, 0.15) is 33.1 Å². The minimum absolute atomic E-state index is 0.0516. The summed E-state index contributed by atoms with van der Waals surface area (Å²) >= 11 is 0. The molecule has 4 amide bonds. The van der Waals surface area contributed by atoms with Crippen LogP contribution in [0.15, 0.2) is 0 Å². The summed E-state index contributed by atoms with van der Waals surface area (Å²) in [6, 6.07) is -2.39. The SMILES string of the molecule is CC(=O)OC(C)OC(=O)N1CC[C@H](ONC(=O)[C@@H]2CC[C@@H]3CN2C(=O)N3OS(=O)(=O)O)C1. The first-order chi connectivity index (χ1) is 14.9. The van der Waals surface area contributed by atoms with Gasteiger partial charge in [-0.2, -0.15) is 13.5 Å². The molecule has 0 aromatic heterocycles. The fourth-order valence-electron chi connectivity index (χ4n) is 3.78. The summed E-state index contributed by atoms with van der Waals surface area (Å²) in [5.41, 5.74) is 2.28. The second kappa shape index (κ2) is 9.43. The Morgan fingerprint density at radius 1 is 1.16 bits per heavy atom. The summed E-state index contributed by atoms with van der Waals surface area (Å²) < 4.78 is 44.7. The Kier molecular flexibility index (Phi) is 7.06. The van der Waals surface area contributed by atoms with Gasteiger partial charge in [-0.15, -0.1) is 4.28 Å². The molecule has 3 heterocycles. The minimum Gasteiger partial charge on any atom is -0.426 e. The van der Waals surface area contributed by atoms with E-state index in [1.165, 1.54) is 18.7 Å². The topological polar surface area (TPSA) is 181 Å². The van der Waals surface area contributed by atoms with Gasteiger partial charge in [0.2, 0.25) is 6.29 Å². The van der Waals surface area contributed by atoms with Crippen LogP contribution in [0.5, 0.6) is 0 Å². The summed E-state index contributed by atoms with van der Waals surface area (Å²) in [6.07, 6.45) is -1.36. The molecule has 0 aromatic carbocycles. The highest BCUT2D eigenvalue weighted by atomic mass is 32.3. The number of piperidine rings is 1. The van der Waals surface area contributed by atoms with E-state index in [0.29, 0.717) is 18.0 Å². The van der Waals surface area contributed by atoms with Crippen LogP contribution in [-0.2, 0) is 38.6 Å². The molecule has 16 heteroatoms. The van der Waals surface area contributed by atoms with Crippen LogP contribution < -0.4 is 5.48 Å². The third-order valence-corrected chi connectivity index (χ3v) is 5.48. The molecule has 32 heavy (non-hydrogen) atoms. The summed E-state index contributed by atoms with van der Waals surface area (Å²) in [4.78, 5) is 55.7. The van der Waals surface area contributed by atoms with Gasteiger partial charge in [0.25, 0.3) is 5.91 Å². The number of carbonyl (C=O) groups excluding carboxylic acids is 4. The maximum Gasteiger partial charge on any atom is 0.418 e. The van der Waals surface area contributed by atoms with E-state index in [-0.39, 0.29) is 25.9 Å². The van der Waals surface area contributed by atoms with E-state index >= 15 is 0 Å². The van der Waals surface area contributed by atoms with Gasteiger partial charge in [-0.1, -0.05) is 0 Å². The Morgan fingerprint density at radius 3 is 2.53 bits per heavy atom. The van der Waals surface area contributed by atoms with Crippen molar-refractivity contribution in [3.05, 3.63) is 0 Å². The highest BCUT2D eigenvalue weighted by molar-refractivity contribution is 7.80. The number of rotatable bonds is 7. The zero-order valence-electron chi connectivity index (χ0n) is 17.3. The molecule has 0 saturated carbocycles. The predicted molar refractivity (Wildman–Crippen MR) is 100 cm³/mol. The number of esters is 1. The van der Waals surface area contributed by atoms with Gasteiger partial charge in [-0.05, 0) is 19.3 Å². The number of likely N-dealkylation sites (tertiary alicyclic amines) is 1. The van der Waals surface area contributed by atoms with Gasteiger partial charge in [0.05, 0.1) is 12.6 Å². The van der Waals surface area contributed by atoms with Gasteiger partial charge in [-0.3, -0.25) is 19.0 Å². The maximum absolute atomic E-state index is 12.5. The third-order valence-electron chi connectivity index (χ3n) is 5.13. The molecular formula is C16H24N4O11S. The molecule has 0 radical (unpaired) electrons. The number of nitrogens with zero attached hydrogens (tertiary/aromatic N) is 3. The fourth-order valence-corrected chi connectivity index (χ4v) is 4.17. The highest BCUT2D eigenvalue weighted by Crippen LogP contribution is 2.30. The van der Waals surface area contributed by atoms with E-state index in [0.717, 1.165) is 4.90 Å². The average molecular weight is 480 g/mol. The Bertz CT molecular complexity index is 881. The lowest BCUT2D eigenvalue weighted by atomic mass is 10.0. The molecule has 3 fully saturated rings. The predicted octanol–water partition coefficient (Wildman–Crippen LogP) is -0.843. The van der Waals surface area contributed by atoms with Gasteiger partial charge in [0.15, 0.2) is 0 Å². The Balaban J connectivity index is 1.46. The standard InChI is InChI=1S/C16H24N4O11S/c1-9(21)28-10(2)29-16(24)18-6-5-12(8-18)30-17-14(22)13-4-3-11-7-19(13)15(23)20(11)31-32(25,26)27/h10-13H,3-8H2,1-2H3,(H,17,22)(H,25,26,27)/t10?,11-,12+,13+/m1/s1. The van der Waals surface area contributed by atoms with Crippen molar-refractivity contribution in [1.29, 1.82) is 0 Å². The van der Waals surface area contributed by atoms with Crippen LogP contribution in [0, 0.1) is 0 Å². The van der Waals surface area contributed by atoms with Crippen molar-refractivity contribution in [1.82, 2.24) is 20.3 Å². The molecule has 3 aliphatic rings. The van der Waals surface area contributed by atoms with Gasteiger partial charge >= 0.3 is 28.5 Å². The molecule has 3 rings (SSSR count). The van der Waals surface area contributed by atoms with Gasteiger partial charge in [-0.25, -0.2) is 15.1 Å². The zero-order valence-corrected chi connectivity index (χ0v) is 18.1. The molecule has 0 aliphatic carbocycles. The zero-order chi connectivity index (χ0) is 23.6. The number of hydrogen-bond acceptors (Lipinski definition) is 10. The van der Waals surface area contributed by atoms with Crippen molar-refractivity contribution < 1.29 is 50.7 Å². The lowest BCUT2D eigenvalue weighted by molar-refractivity contribution is -0.163. The second-order valence-electron chi connectivity index (χ2n) is 7.51. The van der Waals surface area contributed by atoms with E-state index in [1.54, 1.807) is 0 Å².